The second-order valence-electron chi connectivity index (χ2n) is 3.52. The van der Waals surface area contributed by atoms with Crippen LogP contribution < -0.4 is 5.32 Å². The number of nitrogens with zero attached hydrogens (tertiary/aromatic N) is 3. The zero-order valence-electron chi connectivity index (χ0n) is 8.65. The van der Waals surface area contributed by atoms with Crippen LogP contribution >= 0.6 is 0 Å². The van der Waals surface area contributed by atoms with Crippen LogP contribution in [0.25, 0.3) is 11.0 Å². The number of nitrogens with one attached hydrogen (secondary N) is 3. The third kappa shape index (κ3) is 1.40. The molecule has 0 amide bonds. The Balaban J connectivity index is 2.03. The highest BCUT2D eigenvalue weighted by atomic mass is 15.2. The third-order valence-corrected chi connectivity index (χ3v) is 2.31. The Morgan fingerprint density at radius 3 is 3.06 bits per heavy atom. The minimum Gasteiger partial charge on any atom is -0.346 e. The number of aromatic amines is 2. The van der Waals surface area contributed by atoms with Crippen LogP contribution in [0.3, 0.4) is 0 Å². The van der Waals surface area contributed by atoms with Crippen molar-refractivity contribution in [3.63, 3.8) is 0 Å². The highest BCUT2D eigenvalue weighted by Crippen LogP contribution is 2.20. The molecule has 6 nitrogen and oxygen atoms in total. The van der Waals surface area contributed by atoms with Gasteiger partial charge in [0.15, 0.2) is 5.82 Å². The number of anilines is 2. The van der Waals surface area contributed by atoms with Gasteiger partial charge in [0.05, 0.1) is 5.39 Å². The number of hydrogen-bond acceptors (Lipinski definition) is 4. The summed E-state index contributed by atoms with van der Waals surface area (Å²) < 4.78 is 0. The van der Waals surface area contributed by atoms with Crippen LogP contribution in [0.15, 0.2) is 24.7 Å². The van der Waals surface area contributed by atoms with Crippen LogP contribution in [0.1, 0.15) is 5.69 Å². The Morgan fingerprint density at radius 2 is 2.25 bits per heavy atom. The van der Waals surface area contributed by atoms with E-state index in [0.717, 1.165) is 28.4 Å². The van der Waals surface area contributed by atoms with Gasteiger partial charge in [-0.05, 0) is 13.0 Å². The fourth-order valence-electron chi connectivity index (χ4n) is 1.58. The Bertz CT molecular complexity index is 623. The van der Waals surface area contributed by atoms with Crippen molar-refractivity contribution >= 4 is 22.7 Å². The van der Waals surface area contributed by atoms with Crippen LogP contribution in [0.5, 0.6) is 0 Å². The number of H-pyrrole nitrogens is 2. The van der Waals surface area contributed by atoms with E-state index in [2.05, 4.69) is 30.5 Å². The molecule has 0 spiro atoms. The summed E-state index contributed by atoms with van der Waals surface area (Å²) >= 11 is 0. The van der Waals surface area contributed by atoms with E-state index in [1.54, 1.807) is 0 Å². The SMILES string of the molecule is Cc1cc(Nc2ncnc3[nH]ccc23)n[nH]1. The third-order valence-electron chi connectivity index (χ3n) is 2.31. The molecule has 6 heteroatoms. The van der Waals surface area contributed by atoms with Gasteiger partial charge in [-0.25, -0.2) is 9.97 Å². The van der Waals surface area contributed by atoms with Gasteiger partial charge in [-0.3, -0.25) is 5.10 Å². The molecule has 0 unspecified atom stereocenters. The molecule has 0 fully saturated rings. The Labute approximate surface area is 91.1 Å². The molecule has 0 aliphatic carbocycles. The molecule has 0 saturated heterocycles. The minimum atomic E-state index is 0.748. The molecular formula is C10H10N6. The lowest BCUT2D eigenvalue weighted by molar-refractivity contribution is 1.05. The summed E-state index contributed by atoms with van der Waals surface area (Å²) in [4.78, 5) is 11.3. The van der Waals surface area contributed by atoms with Crippen LogP contribution in [0.2, 0.25) is 0 Å². The van der Waals surface area contributed by atoms with Gasteiger partial charge >= 0.3 is 0 Å². The van der Waals surface area contributed by atoms with E-state index in [0.29, 0.717) is 0 Å². The quantitative estimate of drug-likeness (QED) is 0.606. The fraction of sp³-hybridized carbons (Fsp3) is 0.100. The summed E-state index contributed by atoms with van der Waals surface area (Å²) in [5.41, 5.74) is 1.81. The van der Waals surface area contributed by atoms with Gasteiger partial charge in [-0.15, -0.1) is 0 Å². The summed E-state index contributed by atoms with van der Waals surface area (Å²) in [6, 6.07) is 3.85. The lowest BCUT2D eigenvalue weighted by Crippen LogP contribution is -1.95. The lowest BCUT2D eigenvalue weighted by Gasteiger charge is -2.01. The Morgan fingerprint density at radius 1 is 1.31 bits per heavy atom. The maximum Gasteiger partial charge on any atom is 0.153 e. The molecule has 80 valence electrons. The summed E-state index contributed by atoms with van der Waals surface area (Å²) in [5, 5.41) is 11.1. The Hall–Kier alpha value is -2.37. The predicted molar refractivity (Wildman–Crippen MR) is 60.5 cm³/mol. The lowest BCUT2D eigenvalue weighted by atomic mass is 10.3. The minimum absolute atomic E-state index is 0.748. The van der Waals surface area contributed by atoms with E-state index in [9.17, 15) is 0 Å². The second-order valence-corrected chi connectivity index (χ2v) is 3.52. The van der Waals surface area contributed by atoms with Crippen molar-refractivity contribution in [2.45, 2.75) is 6.92 Å². The standard InChI is InChI=1S/C10H10N6/c1-6-4-8(16-15-6)14-10-7-2-3-11-9(7)12-5-13-10/h2-5H,1H3,(H3,11,12,13,14,15,16). The molecule has 0 radical (unpaired) electrons. The van der Waals surface area contributed by atoms with Crippen LogP contribution in [0.4, 0.5) is 11.6 Å². The van der Waals surface area contributed by atoms with Gasteiger partial charge in [0.25, 0.3) is 0 Å². The van der Waals surface area contributed by atoms with Gasteiger partial charge in [-0.1, -0.05) is 0 Å². The molecule has 3 aromatic rings. The van der Waals surface area contributed by atoms with Crippen molar-refractivity contribution in [1.29, 1.82) is 0 Å². The zero-order chi connectivity index (χ0) is 11.0. The van der Waals surface area contributed by atoms with Crippen molar-refractivity contribution in [2.24, 2.45) is 0 Å². The topological polar surface area (TPSA) is 82.3 Å². The van der Waals surface area contributed by atoms with Crippen molar-refractivity contribution in [3.05, 3.63) is 30.4 Å². The summed E-state index contributed by atoms with van der Waals surface area (Å²) in [6.45, 7) is 1.95. The van der Waals surface area contributed by atoms with Gasteiger partial charge in [-0.2, -0.15) is 5.10 Å². The maximum absolute atomic E-state index is 4.19. The van der Waals surface area contributed by atoms with E-state index in [4.69, 9.17) is 0 Å². The molecule has 3 aromatic heterocycles. The largest absolute Gasteiger partial charge is 0.346 e. The molecule has 0 atom stereocenters. The molecule has 0 saturated carbocycles. The van der Waals surface area contributed by atoms with E-state index in [1.807, 2.05) is 25.3 Å². The molecule has 3 N–H and O–H groups in total. The normalized spacial score (nSPS) is 10.8. The predicted octanol–water partition coefficient (Wildman–Crippen LogP) is 1.73. The average molecular weight is 214 g/mol. The van der Waals surface area contributed by atoms with E-state index >= 15 is 0 Å². The fourth-order valence-corrected chi connectivity index (χ4v) is 1.58. The number of aryl methyl sites for hydroxylation is 1. The number of aromatic nitrogens is 5. The number of hydrogen-bond donors (Lipinski definition) is 3. The molecule has 3 rings (SSSR count). The second kappa shape index (κ2) is 3.34. The first-order valence-electron chi connectivity index (χ1n) is 4.90. The van der Waals surface area contributed by atoms with E-state index in [-0.39, 0.29) is 0 Å². The highest BCUT2D eigenvalue weighted by Gasteiger charge is 2.05. The summed E-state index contributed by atoms with van der Waals surface area (Å²) in [7, 11) is 0. The van der Waals surface area contributed by atoms with Crippen LogP contribution in [0, 0.1) is 6.92 Å². The first-order chi connectivity index (χ1) is 7.83. The first-order valence-corrected chi connectivity index (χ1v) is 4.90. The highest BCUT2D eigenvalue weighted by molar-refractivity contribution is 5.88. The number of rotatable bonds is 2. The average Bonchev–Trinajstić information content (AvgIpc) is 2.87. The van der Waals surface area contributed by atoms with Gasteiger partial charge in [0.2, 0.25) is 0 Å². The molecule has 16 heavy (non-hydrogen) atoms. The van der Waals surface area contributed by atoms with Crippen LogP contribution in [-0.2, 0) is 0 Å². The smallest absolute Gasteiger partial charge is 0.153 e. The van der Waals surface area contributed by atoms with Crippen molar-refractivity contribution in [2.75, 3.05) is 5.32 Å². The maximum atomic E-state index is 4.19. The molecule has 3 heterocycles. The molecule has 0 aromatic carbocycles. The van der Waals surface area contributed by atoms with Gasteiger partial charge in [0, 0.05) is 18.0 Å². The monoisotopic (exact) mass is 214 g/mol. The van der Waals surface area contributed by atoms with Crippen molar-refractivity contribution < 1.29 is 0 Å². The Kier molecular flexibility index (Phi) is 1.86. The first kappa shape index (κ1) is 8.90. The molecule has 0 aliphatic rings. The summed E-state index contributed by atoms with van der Waals surface area (Å²) in [5.74, 6) is 1.50. The summed E-state index contributed by atoms with van der Waals surface area (Å²) in [6.07, 6.45) is 3.35. The molecule has 0 bridgehead atoms. The van der Waals surface area contributed by atoms with Crippen molar-refractivity contribution in [3.8, 4) is 0 Å². The van der Waals surface area contributed by atoms with Crippen LogP contribution in [-0.4, -0.2) is 25.1 Å². The van der Waals surface area contributed by atoms with Gasteiger partial charge in [0.1, 0.15) is 17.8 Å². The number of fused-ring (bicyclic) bond motifs is 1. The molecular weight excluding hydrogens is 204 g/mol. The van der Waals surface area contributed by atoms with E-state index < -0.39 is 0 Å². The molecule has 0 aliphatic heterocycles. The zero-order valence-corrected chi connectivity index (χ0v) is 8.65. The van der Waals surface area contributed by atoms with Crippen molar-refractivity contribution in [1.82, 2.24) is 25.1 Å². The van der Waals surface area contributed by atoms with Gasteiger partial charge < -0.3 is 10.3 Å². The van der Waals surface area contributed by atoms with E-state index in [1.165, 1.54) is 6.33 Å².